The van der Waals surface area contributed by atoms with Gasteiger partial charge in [-0.3, -0.25) is 20.1 Å². The van der Waals surface area contributed by atoms with Crippen molar-refractivity contribution in [1.29, 1.82) is 0 Å². The lowest BCUT2D eigenvalue weighted by atomic mass is 10.0. The van der Waals surface area contributed by atoms with Gasteiger partial charge in [-0.1, -0.05) is 6.07 Å². The van der Waals surface area contributed by atoms with Gasteiger partial charge in [0.25, 0.3) is 0 Å². The van der Waals surface area contributed by atoms with Crippen LogP contribution >= 0.6 is 0 Å². The first kappa shape index (κ1) is 21.1. The maximum atomic E-state index is 13.8. The second-order valence-corrected chi connectivity index (χ2v) is 8.71. The van der Waals surface area contributed by atoms with Gasteiger partial charge in [0.2, 0.25) is 0 Å². The molecule has 1 aromatic carbocycles. The average Bonchev–Trinajstić information content (AvgIpc) is 3.47. The maximum absolute atomic E-state index is 13.8. The van der Waals surface area contributed by atoms with Gasteiger partial charge in [0.05, 0.1) is 23.4 Å². The topological polar surface area (TPSA) is 99.3 Å². The molecule has 0 aliphatic rings. The minimum Gasteiger partial charge on any atom is -0.335 e. The summed E-state index contributed by atoms with van der Waals surface area (Å²) >= 11 is 0. The standard InChI is InChI=1S/C26H21FN8/c1-35(2)14-15-5-17(9-28-8-15)16-3-4-22-20(7-16)25(34-33-22)26-31-23-13-30-12-21(24(23)32-26)18-6-19(27)11-29-10-18/h3-13H,14H2,1-2H3,(H,31,32)(H,33,34). The van der Waals surface area contributed by atoms with Crippen LogP contribution in [0, 0.1) is 5.82 Å². The maximum Gasteiger partial charge on any atom is 0.159 e. The minimum absolute atomic E-state index is 0.412. The van der Waals surface area contributed by atoms with Gasteiger partial charge in [-0.15, -0.1) is 0 Å². The average molecular weight is 465 g/mol. The van der Waals surface area contributed by atoms with E-state index in [0.717, 1.165) is 39.7 Å². The summed E-state index contributed by atoms with van der Waals surface area (Å²) in [5.41, 5.74) is 7.52. The first-order chi connectivity index (χ1) is 17.0. The Balaban J connectivity index is 1.45. The Labute approximate surface area is 199 Å². The number of fused-ring (bicyclic) bond motifs is 2. The molecule has 0 spiro atoms. The van der Waals surface area contributed by atoms with E-state index in [2.05, 4.69) is 53.2 Å². The SMILES string of the molecule is CN(C)Cc1cncc(-c2ccc3[nH]nc(-c4nc5c(-c6cncc(F)c6)cncc5[nH]4)c3c2)c1. The molecule has 0 atom stereocenters. The van der Waals surface area contributed by atoms with Crippen molar-refractivity contribution in [2.45, 2.75) is 6.54 Å². The van der Waals surface area contributed by atoms with Crippen molar-refractivity contribution in [3.05, 3.63) is 78.9 Å². The zero-order valence-electron chi connectivity index (χ0n) is 19.1. The third kappa shape index (κ3) is 3.91. The number of pyridine rings is 3. The number of hydrogen-bond acceptors (Lipinski definition) is 6. The van der Waals surface area contributed by atoms with Crippen LogP contribution in [0.5, 0.6) is 0 Å². The second-order valence-electron chi connectivity index (χ2n) is 8.71. The minimum atomic E-state index is -0.412. The molecule has 0 radical (unpaired) electrons. The highest BCUT2D eigenvalue weighted by Crippen LogP contribution is 2.32. The number of halogens is 1. The van der Waals surface area contributed by atoms with E-state index < -0.39 is 5.82 Å². The summed E-state index contributed by atoms with van der Waals surface area (Å²) in [4.78, 5) is 22.9. The number of nitrogens with one attached hydrogen (secondary N) is 2. The molecule has 172 valence electrons. The lowest BCUT2D eigenvalue weighted by Crippen LogP contribution is -2.10. The van der Waals surface area contributed by atoms with Gasteiger partial charge in [0.1, 0.15) is 17.0 Å². The molecule has 0 saturated carbocycles. The quantitative estimate of drug-likeness (QED) is 0.379. The lowest BCUT2D eigenvalue weighted by Gasteiger charge is -2.10. The smallest absolute Gasteiger partial charge is 0.159 e. The normalized spacial score (nSPS) is 11.7. The number of rotatable bonds is 5. The number of H-pyrrole nitrogens is 2. The van der Waals surface area contributed by atoms with Gasteiger partial charge in [-0.05, 0) is 49.5 Å². The van der Waals surface area contributed by atoms with E-state index in [1.807, 2.05) is 32.6 Å². The highest BCUT2D eigenvalue weighted by molar-refractivity contribution is 5.97. The number of benzene rings is 1. The van der Waals surface area contributed by atoms with Crippen molar-refractivity contribution in [1.82, 2.24) is 40.0 Å². The van der Waals surface area contributed by atoms with Gasteiger partial charge < -0.3 is 9.88 Å². The Hall–Kier alpha value is -4.50. The molecular formula is C26H21FN8. The zero-order chi connectivity index (χ0) is 23.9. The Morgan fingerprint density at radius 1 is 0.829 bits per heavy atom. The third-order valence-corrected chi connectivity index (χ3v) is 5.82. The Morgan fingerprint density at radius 2 is 1.66 bits per heavy atom. The first-order valence-electron chi connectivity index (χ1n) is 11.1. The van der Waals surface area contributed by atoms with Crippen LogP contribution in [0.2, 0.25) is 0 Å². The number of imidazole rings is 1. The fraction of sp³-hybridized carbons (Fsp3) is 0.115. The molecule has 0 amide bonds. The molecule has 0 aliphatic heterocycles. The van der Waals surface area contributed by atoms with E-state index in [-0.39, 0.29) is 0 Å². The van der Waals surface area contributed by atoms with Crippen molar-refractivity contribution in [2.75, 3.05) is 14.1 Å². The van der Waals surface area contributed by atoms with E-state index in [1.165, 1.54) is 12.3 Å². The molecule has 5 heterocycles. The molecule has 0 aliphatic carbocycles. The molecule has 0 saturated heterocycles. The fourth-order valence-corrected chi connectivity index (χ4v) is 4.29. The number of nitrogens with zero attached hydrogens (tertiary/aromatic N) is 6. The molecule has 0 unspecified atom stereocenters. The number of hydrogen-bond donors (Lipinski definition) is 2. The summed E-state index contributed by atoms with van der Waals surface area (Å²) in [5.74, 6) is 0.187. The number of aromatic amines is 2. The Morgan fingerprint density at radius 3 is 2.51 bits per heavy atom. The van der Waals surface area contributed by atoms with Crippen molar-refractivity contribution in [2.24, 2.45) is 0 Å². The van der Waals surface area contributed by atoms with E-state index in [1.54, 1.807) is 18.6 Å². The Kier molecular flexibility index (Phi) is 5.04. The highest BCUT2D eigenvalue weighted by atomic mass is 19.1. The summed E-state index contributed by atoms with van der Waals surface area (Å²) in [6.07, 6.45) is 9.89. The summed E-state index contributed by atoms with van der Waals surface area (Å²) in [6.45, 7) is 0.816. The molecule has 9 heteroatoms. The van der Waals surface area contributed by atoms with Gasteiger partial charge in [0, 0.05) is 53.4 Å². The van der Waals surface area contributed by atoms with Crippen LogP contribution in [0.3, 0.4) is 0 Å². The summed E-state index contributed by atoms with van der Waals surface area (Å²) in [7, 11) is 4.07. The van der Waals surface area contributed by atoms with E-state index in [9.17, 15) is 4.39 Å². The predicted molar refractivity (Wildman–Crippen MR) is 133 cm³/mol. The van der Waals surface area contributed by atoms with Crippen LogP contribution in [0.1, 0.15) is 5.56 Å². The van der Waals surface area contributed by atoms with Crippen LogP contribution in [-0.2, 0) is 6.54 Å². The molecule has 5 aromatic heterocycles. The fourth-order valence-electron chi connectivity index (χ4n) is 4.29. The monoisotopic (exact) mass is 464 g/mol. The summed E-state index contributed by atoms with van der Waals surface area (Å²) < 4.78 is 13.8. The molecule has 0 fully saturated rings. The van der Waals surface area contributed by atoms with Crippen LogP contribution in [-0.4, -0.2) is 54.1 Å². The van der Waals surface area contributed by atoms with Crippen LogP contribution < -0.4 is 0 Å². The van der Waals surface area contributed by atoms with E-state index in [4.69, 9.17) is 4.98 Å². The Bertz CT molecular complexity index is 1680. The van der Waals surface area contributed by atoms with E-state index in [0.29, 0.717) is 28.2 Å². The van der Waals surface area contributed by atoms with Gasteiger partial charge in [-0.2, -0.15) is 5.10 Å². The summed E-state index contributed by atoms with van der Waals surface area (Å²) in [6, 6.07) is 9.73. The van der Waals surface area contributed by atoms with Crippen molar-refractivity contribution >= 4 is 21.9 Å². The molecule has 35 heavy (non-hydrogen) atoms. The first-order valence-corrected chi connectivity index (χ1v) is 11.1. The van der Waals surface area contributed by atoms with Crippen LogP contribution in [0.4, 0.5) is 4.39 Å². The molecular weight excluding hydrogens is 443 g/mol. The third-order valence-electron chi connectivity index (χ3n) is 5.82. The molecule has 6 aromatic rings. The van der Waals surface area contributed by atoms with E-state index >= 15 is 0 Å². The van der Waals surface area contributed by atoms with Gasteiger partial charge in [-0.25, -0.2) is 9.37 Å². The zero-order valence-corrected chi connectivity index (χ0v) is 19.1. The number of aromatic nitrogens is 7. The van der Waals surface area contributed by atoms with Gasteiger partial charge in [0.15, 0.2) is 5.82 Å². The summed E-state index contributed by atoms with van der Waals surface area (Å²) in [5, 5.41) is 8.56. The highest BCUT2D eigenvalue weighted by Gasteiger charge is 2.16. The molecule has 8 nitrogen and oxygen atoms in total. The molecule has 2 N–H and O–H groups in total. The molecule has 0 bridgehead atoms. The van der Waals surface area contributed by atoms with Crippen LogP contribution in [0.25, 0.3) is 55.7 Å². The van der Waals surface area contributed by atoms with Crippen molar-refractivity contribution in [3.63, 3.8) is 0 Å². The molecule has 6 rings (SSSR count). The van der Waals surface area contributed by atoms with Gasteiger partial charge >= 0.3 is 0 Å². The second kappa shape index (κ2) is 8.37. The van der Waals surface area contributed by atoms with Crippen molar-refractivity contribution in [3.8, 4) is 33.8 Å². The lowest BCUT2D eigenvalue weighted by molar-refractivity contribution is 0.402. The predicted octanol–water partition coefficient (Wildman–Crippen LogP) is 4.83. The largest absolute Gasteiger partial charge is 0.335 e. The van der Waals surface area contributed by atoms with Crippen molar-refractivity contribution < 1.29 is 4.39 Å². The van der Waals surface area contributed by atoms with Crippen LogP contribution in [0.15, 0.2) is 67.5 Å².